The zero-order valence-electron chi connectivity index (χ0n) is 13.9. The van der Waals surface area contributed by atoms with Crippen LogP contribution in [-0.2, 0) is 11.3 Å². The molecule has 0 aromatic heterocycles. The third-order valence-electron chi connectivity index (χ3n) is 5.07. The van der Waals surface area contributed by atoms with Crippen LogP contribution in [0.3, 0.4) is 0 Å². The molecule has 1 aliphatic carbocycles. The first kappa shape index (κ1) is 19.8. The lowest BCUT2D eigenvalue weighted by Crippen LogP contribution is -2.34. The zero-order valence-corrected chi connectivity index (χ0v) is 14.8. The molecule has 25 heavy (non-hydrogen) atoms. The van der Waals surface area contributed by atoms with Crippen molar-refractivity contribution >= 4 is 18.3 Å². The van der Waals surface area contributed by atoms with Gasteiger partial charge in [0.25, 0.3) is 0 Å². The number of carbonyl (C=O) groups is 1. The highest BCUT2D eigenvalue weighted by Crippen LogP contribution is 2.59. The summed E-state index contributed by atoms with van der Waals surface area (Å²) in [6.07, 6.45) is -1.87. The molecule has 1 unspecified atom stereocenters. The van der Waals surface area contributed by atoms with Crippen molar-refractivity contribution in [2.45, 2.75) is 32.2 Å². The number of hydrogen-bond acceptors (Lipinski definition) is 3. The number of carbonyl (C=O) groups excluding carboxylic acids is 1. The van der Waals surface area contributed by atoms with Gasteiger partial charge in [-0.05, 0) is 43.8 Å². The van der Waals surface area contributed by atoms with Crippen molar-refractivity contribution in [3.05, 3.63) is 29.8 Å². The summed E-state index contributed by atoms with van der Waals surface area (Å²) in [4.78, 5) is 14.1. The standard InChI is InChI=1S/C17H21F3N2O2.ClH/c1-22(15(23)13-10-16(13)6-8-21-9-7-16)11-12-4-2-3-5-14(12)24-17(18,19)20;/h2-5,13,21H,6-11H2,1H3;1H. The van der Waals surface area contributed by atoms with Gasteiger partial charge < -0.3 is 15.0 Å². The number of alkyl halides is 3. The molecule has 4 nitrogen and oxygen atoms in total. The maximum atomic E-state index is 12.6. The molecule has 1 amide bonds. The summed E-state index contributed by atoms with van der Waals surface area (Å²) in [6, 6.07) is 5.95. The summed E-state index contributed by atoms with van der Waals surface area (Å²) in [7, 11) is 1.64. The van der Waals surface area contributed by atoms with Gasteiger partial charge in [-0.3, -0.25) is 4.79 Å². The summed E-state index contributed by atoms with van der Waals surface area (Å²) in [5, 5.41) is 3.29. The number of amides is 1. The average Bonchev–Trinajstić information content (AvgIpc) is 3.20. The van der Waals surface area contributed by atoms with Crippen LogP contribution in [0.4, 0.5) is 13.2 Å². The molecule has 1 N–H and O–H groups in total. The third kappa shape index (κ3) is 4.58. The minimum atomic E-state index is -4.74. The number of ether oxygens (including phenoxy) is 1. The van der Waals surface area contributed by atoms with Gasteiger partial charge in [-0.2, -0.15) is 0 Å². The fourth-order valence-corrected chi connectivity index (χ4v) is 3.63. The van der Waals surface area contributed by atoms with E-state index in [0.717, 1.165) is 32.4 Å². The van der Waals surface area contributed by atoms with Gasteiger partial charge in [-0.15, -0.1) is 25.6 Å². The molecular formula is C17H22ClF3N2O2. The highest BCUT2D eigenvalue weighted by molar-refractivity contribution is 5.85. The van der Waals surface area contributed by atoms with Gasteiger partial charge in [0.15, 0.2) is 0 Å². The largest absolute Gasteiger partial charge is 0.573 e. The third-order valence-corrected chi connectivity index (χ3v) is 5.07. The number of piperidine rings is 1. The minimum Gasteiger partial charge on any atom is -0.405 e. The molecule has 1 aliphatic heterocycles. The number of para-hydroxylation sites is 1. The second-order valence-electron chi connectivity index (χ2n) is 6.72. The summed E-state index contributed by atoms with van der Waals surface area (Å²) in [5.74, 6) is -0.240. The maximum Gasteiger partial charge on any atom is 0.573 e. The van der Waals surface area contributed by atoms with Crippen LogP contribution in [0.15, 0.2) is 24.3 Å². The molecule has 3 rings (SSSR count). The predicted octanol–water partition coefficient (Wildman–Crippen LogP) is 3.36. The summed E-state index contributed by atoms with van der Waals surface area (Å²) < 4.78 is 41.5. The maximum absolute atomic E-state index is 12.6. The van der Waals surface area contributed by atoms with Gasteiger partial charge in [0.2, 0.25) is 5.91 Å². The number of hydrogen-bond donors (Lipinski definition) is 1. The van der Waals surface area contributed by atoms with E-state index in [0.29, 0.717) is 5.56 Å². The monoisotopic (exact) mass is 378 g/mol. The first-order valence-electron chi connectivity index (χ1n) is 8.10. The second-order valence-corrected chi connectivity index (χ2v) is 6.72. The van der Waals surface area contributed by atoms with Crippen molar-refractivity contribution < 1.29 is 22.7 Å². The Hall–Kier alpha value is -1.47. The van der Waals surface area contributed by atoms with Crippen LogP contribution in [0.5, 0.6) is 5.75 Å². The molecular weight excluding hydrogens is 357 g/mol. The fourth-order valence-electron chi connectivity index (χ4n) is 3.63. The van der Waals surface area contributed by atoms with Crippen molar-refractivity contribution in [2.75, 3.05) is 20.1 Å². The first-order valence-corrected chi connectivity index (χ1v) is 8.10. The lowest BCUT2D eigenvalue weighted by Gasteiger charge is -2.25. The van der Waals surface area contributed by atoms with E-state index < -0.39 is 6.36 Å². The Morgan fingerprint density at radius 2 is 1.96 bits per heavy atom. The Kier molecular flexibility index (Phi) is 5.89. The van der Waals surface area contributed by atoms with Crippen LogP contribution in [0, 0.1) is 11.3 Å². The number of nitrogens with zero attached hydrogens (tertiary/aromatic N) is 1. The van der Waals surface area contributed by atoms with Crippen LogP contribution in [-0.4, -0.2) is 37.3 Å². The minimum absolute atomic E-state index is 0. The van der Waals surface area contributed by atoms with E-state index in [1.807, 2.05) is 0 Å². The molecule has 1 spiro atoms. The van der Waals surface area contributed by atoms with Crippen molar-refractivity contribution in [1.29, 1.82) is 0 Å². The summed E-state index contributed by atoms with van der Waals surface area (Å²) in [6.45, 7) is 1.96. The highest BCUT2D eigenvalue weighted by atomic mass is 35.5. The number of rotatable bonds is 4. The van der Waals surface area contributed by atoms with Crippen LogP contribution in [0.2, 0.25) is 0 Å². The highest BCUT2D eigenvalue weighted by Gasteiger charge is 2.58. The van der Waals surface area contributed by atoms with Crippen molar-refractivity contribution in [3.63, 3.8) is 0 Å². The SMILES string of the molecule is CN(Cc1ccccc1OC(F)(F)F)C(=O)C1CC12CCNCC2.Cl. The Morgan fingerprint density at radius 3 is 2.60 bits per heavy atom. The van der Waals surface area contributed by atoms with Gasteiger partial charge >= 0.3 is 6.36 Å². The second kappa shape index (κ2) is 7.41. The van der Waals surface area contributed by atoms with E-state index in [1.54, 1.807) is 19.2 Å². The Bertz CT molecular complexity index is 618. The van der Waals surface area contributed by atoms with Crippen LogP contribution in [0.1, 0.15) is 24.8 Å². The van der Waals surface area contributed by atoms with Gasteiger partial charge in [0, 0.05) is 25.1 Å². The van der Waals surface area contributed by atoms with Crippen LogP contribution < -0.4 is 10.1 Å². The Morgan fingerprint density at radius 1 is 1.32 bits per heavy atom. The summed E-state index contributed by atoms with van der Waals surface area (Å²) >= 11 is 0. The lowest BCUT2D eigenvalue weighted by atomic mass is 9.91. The number of halogens is 4. The molecule has 0 bridgehead atoms. The van der Waals surface area contributed by atoms with E-state index in [2.05, 4.69) is 10.1 Å². The van der Waals surface area contributed by atoms with E-state index in [1.165, 1.54) is 17.0 Å². The molecule has 1 saturated heterocycles. The van der Waals surface area contributed by atoms with Crippen LogP contribution >= 0.6 is 12.4 Å². The lowest BCUT2D eigenvalue weighted by molar-refractivity contribution is -0.275. The van der Waals surface area contributed by atoms with Crippen LogP contribution in [0.25, 0.3) is 0 Å². The molecule has 1 atom stereocenters. The normalized spacial score (nSPS) is 21.4. The zero-order chi connectivity index (χ0) is 17.4. The van der Waals surface area contributed by atoms with E-state index in [4.69, 9.17) is 0 Å². The molecule has 1 aromatic rings. The van der Waals surface area contributed by atoms with E-state index >= 15 is 0 Å². The van der Waals surface area contributed by atoms with Gasteiger partial charge in [0.1, 0.15) is 5.75 Å². The fraction of sp³-hybridized carbons (Fsp3) is 0.588. The Labute approximate surface area is 151 Å². The molecule has 2 fully saturated rings. The van der Waals surface area contributed by atoms with Crippen molar-refractivity contribution in [2.24, 2.45) is 11.3 Å². The molecule has 1 aromatic carbocycles. The van der Waals surface area contributed by atoms with Gasteiger partial charge in [-0.25, -0.2) is 0 Å². The number of benzene rings is 1. The molecule has 0 radical (unpaired) electrons. The molecule has 140 valence electrons. The van der Waals surface area contributed by atoms with E-state index in [9.17, 15) is 18.0 Å². The molecule has 2 aliphatic rings. The summed E-state index contributed by atoms with van der Waals surface area (Å²) in [5.41, 5.74) is 0.462. The molecule has 8 heteroatoms. The Balaban J connectivity index is 0.00000225. The van der Waals surface area contributed by atoms with E-state index in [-0.39, 0.29) is 41.9 Å². The van der Waals surface area contributed by atoms with Gasteiger partial charge in [0.05, 0.1) is 0 Å². The van der Waals surface area contributed by atoms with Crippen molar-refractivity contribution in [3.8, 4) is 5.75 Å². The molecule has 1 saturated carbocycles. The van der Waals surface area contributed by atoms with Gasteiger partial charge in [-0.1, -0.05) is 18.2 Å². The van der Waals surface area contributed by atoms with Crippen molar-refractivity contribution in [1.82, 2.24) is 10.2 Å². The molecule has 1 heterocycles. The quantitative estimate of drug-likeness (QED) is 0.873. The number of nitrogens with one attached hydrogen (secondary N) is 1. The average molecular weight is 379 g/mol. The predicted molar refractivity (Wildman–Crippen MR) is 89.5 cm³/mol. The topological polar surface area (TPSA) is 41.6 Å². The smallest absolute Gasteiger partial charge is 0.405 e. The first-order chi connectivity index (χ1) is 11.3.